The normalized spacial score (nSPS) is 12.4. The van der Waals surface area contributed by atoms with E-state index in [0.717, 1.165) is 24.1 Å². The lowest BCUT2D eigenvalue weighted by atomic mass is 9.94. The number of ether oxygens (including phenoxy) is 1. The Hall–Kier alpha value is -2.60. The number of nitrogens with one attached hydrogen (secondary N) is 1. The van der Waals surface area contributed by atoms with Gasteiger partial charge in [0.1, 0.15) is 5.75 Å². The maximum atomic E-state index is 12.7. The second-order valence-corrected chi connectivity index (χ2v) is 6.74. The molecule has 0 saturated carbocycles. The Labute approximate surface area is 143 Å². The van der Waals surface area contributed by atoms with Gasteiger partial charge in [-0.3, -0.25) is 9.48 Å². The summed E-state index contributed by atoms with van der Waals surface area (Å²) < 4.78 is 7.02. The minimum atomic E-state index is -0.182. The molecule has 2 heterocycles. The van der Waals surface area contributed by atoms with Gasteiger partial charge in [-0.2, -0.15) is 5.10 Å². The fourth-order valence-electron chi connectivity index (χ4n) is 3.20. The Kier molecular flexibility index (Phi) is 3.61. The van der Waals surface area contributed by atoms with E-state index in [4.69, 9.17) is 4.74 Å². The van der Waals surface area contributed by atoms with E-state index in [1.54, 1.807) is 24.5 Å². The average Bonchev–Trinajstić information content (AvgIpc) is 3.19. The second kappa shape index (κ2) is 5.79. The van der Waals surface area contributed by atoms with Crippen LogP contribution in [0, 0.1) is 0 Å². The van der Waals surface area contributed by atoms with Crippen molar-refractivity contribution in [1.82, 2.24) is 9.78 Å². The standard InChI is InChI=1S/C18H17N3O2S/c1-21-17-13-8-9-24-15(13)7-6-14(17)16(20-21)18(22)19-11-4-3-5-12(10-11)23-2/h3-5,8-10H,6-7H2,1-2H3,(H,19,22). The van der Waals surface area contributed by atoms with Crippen molar-refractivity contribution in [3.8, 4) is 17.0 Å². The number of hydrogen-bond acceptors (Lipinski definition) is 4. The van der Waals surface area contributed by atoms with Gasteiger partial charge in [-0.25, -0.2) is 0 Å². The molecular formula is C18H17N3O2S. The van der Waals surface area contributed by atoms with Crippen LogP contribution in [-0.2, 0) is 19.9 Å². The van der Waals surface area contributed by atoms with E-state index in [2.05, 4.69) is 21.9 Å². The summed E-state index contributed by atoms with van der Waals surface area (Å²) >= 11 is 1.77. The third-order valence-corrected chi connectivity index (χ3v) is 5.27. The van der Waals surface area contributed by atoms with Gasteiger partial charge < -0.3 is 10.1 Å². The van der Waals surface area contributed by atoms with Crippen LogP contribution in [0.5, 0.6) is 5.75 Å². The molecule has 5 nitrogen and oxygen atoms in total. The number of fused-ring (bicyclic) bond motifs is 3. The highest BCUT2D eigenvalue weighted by atomic mass is 32.1. The summed E-state index contributed by atoms with van der Waals surface area (Å²) in [6, 6.07) is 9.44. The molecule has 1 amide bonds. The molecule has 1 aliphatic carbocycles. The monoisotopic (exact) mass is 339 g/mol. The highest BCUT2D eigenvalue weighted by Gasteiger charge is 2.27. The van der Waals surface area contributed by atoms with E-state index >= 15 is 0 Å². The van der Waals surface area contributed by atoms with E-state index < -0.39 is 0 Å². The smallest absolute Gasteiger partial charge is 0.276 e. The lowest BCUT2D eigenvalue weighted by molar-refractivity contribution is 0.102. The zero-order valence-electron chi connectivity index (χ0n) is 13.5. The highest BCUT2D eigenvalue weighted by Crippen LogP contribution is 2.37. The van der Waals surface area contributed by atoms with Crippen molar-refractivity contribution in [2.24, 2.45) is 7.05 Å². The van der Waals surface area contributed by atoms with Gasteiger partial charge in [0, 0.05) is 34.8 Å². The van der Waals surface area contributed by atoms with Gasteiger partial charge in [0.05, 0.1) is 12.8 Å². The number of anilines is 1. The Balaban J connectivity index is 1.68. The molecule has 1 N–H and O–H groups in total. The second-order valence-electron chi connectivity index (χ2n) is 5.74. The molecule has 0 unspecified atom stereocenters. The molecule has 1 aliphatic rings. The number of carbonyl (C=O) groups is 1. The van der Waals surface area contributed by atoms with Gasteiger partial charge in [0.25, 0.3) is 5.91 Å². The maximum absolute atomic E-state index is 12.7. The first-order chi connectivity index (χ1) is 11.7. The number of nitrogens with zero attached hydrogens (tertiary/aromatic N) is 2. The molecule has 0 bridgehead atoms. The van der Waals surface area contributed by atoms with Gasteiger partial charge in [-0.1, -0.05) is 6.07 Å². The SMILES string of the molecule is COc1cccc(NC(=O)c2nn(C)c3c2CCc2sccc2-3)c1. The maximum Gasteiger partial charge on any atom is 0.276 e. The Morgan fingerprint density at radius 1 is 1.33 bits per heavy atom. The first-order valence-electron chi connectivity index (χ1n) is 7.75. The molecule has 2 aromatic heterocycles. The van der Waals surface area contributed by atoms with E-state index in [-0.39, 0.29) is 5.91 Å². The number of hydrogen-bond donors (Lipinski definition) is 1. The highest BCUT2D eigenvalue weighted by molar-refractivity contribution is 7.10. The van der Waals surface area contributed by atoms with Crippen LogP contribution >= 0.6 is 11.3 Å². The summed E-state index contributed by atoms with van der Waals surface area (Å²) in [5.74, 6) is 0.526. The van der Waals surface area contributed by atoms with Crippen molar-refractivity contribution in [3.05, 3.63) is 51.8 Å². The fourth-order valence-corrected chi connectivity index (χ4v) is 4.08. The van der Waals surface area contributed by atoms with Gasteiger partial charge in [-0.05, 0) is 36.4 Å². The summed E-state index contributed by atoms with van der Waals surface area (Å²) in [7, 11) is 3.50. The largest absolute Gasteiger partial charge is 0.497 e. The zero-order valence-corrected chi connectivity index (χ0v) is 14.3. The van der Waals surface area contributed by atoms with E-state index in [1.165, 1.54) is 10.4 Å². The molecule has 6 heteroatoms. The lowest BCUT2D eigenvalue weighted by Crippen LogP contribution is -2.15. The van der Waals surface area contributed by atoms with E-state index in [9.17, 15) is 4.79 Å². The van der Waals surface area contributed by atoms with Crippen LogP contribution < -0.4 is 10.1 Å². The van der Waals surface area contributed by atoms with Crippen molar-refractivity contribution >= 4 is 22.9 Å². The van der Waals surface area contributed by atoms with Crippen LogP contribution in [0.4, 0.5) is 5.69 Å². The summed E-state index contributed by atoms with van der Waals surface area (Å²) in [4.78, 5) is 14.1. The number of aromatic nitrogens is 2. The molecule has 0 radical (unpaired) electrons. The third kappa shape index (κ3) is 2.39. The minimum Gasteiger partial charge on any atom is -0.497 e. The summed E-state index contributed by atoms with van der Waals surface area (Å²) in [5.41, 5.74) is 4.51. The van der Waals surface area contributed by atoms with Crippen LogP contribution in [-0.4, -0.2) is 22.8 Å². The van der Waals surface area contributed by atoms with Gasteiger partial charge in [0.2, 0.25) is 0 Å². The van der Waals surface area contributed by atoms with E-state index in [1.807, 2.05) is 29.9 Å². The topological polar surface area (TPSA) is 56.1 Å². The summed E-state index contributed by atoms with van der Waals surface area (Å²) in [5, 5.41) is 9.51. The predicted molar refractivity (Wildman–Crippen MR) is 94.9 cm³/mol. The van der Waals surface area contributed by atoms with Gasteiger partial charge in [-0.15, -0.1) is 11.3 Å². The molecule has 0 saturated heterocycles. The first-order valence-corrected chi connectivity index (χ1v) is 8.63. The molecule has 4 rings (SSSR count). The van der Waals surface area contributed by atoms with Crippen molar-refractivity contribution in [3.63, 3.8) is 0 Å². The summed E-state index contributed by atoms with van der Waals surface area (Å²) in [6.07, 6.45) is 1.81. The quantitative estimate of drug-likeness (QED) is 0.794. The molecule has 24 heavy (non-hydrogen) atoms. The van der Waals surface area contributed by atoms with Crippen LogP contribution in [0.3, 0.4) is 0 Å². The van der Waals surface area contributed by atoms with Crippen molar-refractivity contribution in [2.45, 2.75) is 12.8 Å². The molecule has 0 aliphatic heterocycles. The van der Waals surface area contributed by atoms with Crippen LogP contribution in [0.2, 0.25) is 0 Å². The average molecular weight is 339 g/mol. The molecule has 0 fully saturated rings. The number of rotatable bonds is 3. The van der Waals surface area contributed by atoms with Crippen molar-refractivity contribution < 1.29 is 9.53 Å². The Bertz CT molecular complexity index is 926. The number of benzene rings is 1. The number of carbonyl (C=O) groups excluding carboxylic acids is 1. The molecule has 122 valence electrons. The molecule has 0 spiro atoms. The zero-order chi connectivity index (χ0) is 16.7. The van der Waals surface area contributed by atoms with Crippen LogP contribution in [0.1, 0.15) is 20.9 Å². The Morgan fingerprint density at radius 2 is 2.21 bits per heavy atom. The van der Waals surface area contributed by atoms with Crippen molar-refractivity contribution in [1.29, 1.82) is 0 Å². The van der Waals surface area contributed by atoms with Crippen LogP contribution in [0.25, 0.3) is 11.3 Å². The van der Waals surface area contributed by atoms with Gasteiger partial charge in [0.15, 0.2) is 5.69 Å². The Morgan fingerprint density at radius 3 is 3.04 bits per heavy atom. The molecule has 1 aromatic carbocycles. The van der Waals surface area contributed by atoms with Crippen LogP contribution in [0.15, 0.2) is 35.7 Å². The molecular weight excluding hydrogens is 322 g/mol. The first kappa shape index (κ1) is 15.0. The van der Waals surface area contributed by atoms with E-state index in [0.29, 0.717) is 17.1 Å². The lowest BCUT2D eigenvalue weighted by Gasteiger charge is -2.13. The minimum absolute atomic E-state index is 0.182. The number of aryl methyl sites for hydroxylation is 2. The molecule has 0 atom stereocenters. The fraction of sp³-hybridized carbons (Fsp3) is 0.222. The molecule has 3 aromatic rings. The van der Waals surface area contributed by atoms with Crippen molar-refractivity contribution in [2.75, 3.05) is 12.4 Å². The number of amides is 1. The number of methoxy groups -OCH3 is 1. The predicted octanol–water partition coefficient (Wildman–Crippen LogP) is 3.51. The van der Waals surface area contributed by atoms with Gasteiger partial charge >= 0.3 is 0 Å². The third-order valence-electron chi connectivity index (χ3n) is 4.29. The number of thiophene rings is 1. The summed E-state index contributed by atoms with van der Waals surface area (Å²) in [6.45, 7) is 0.